The zero-order valence-corrected chi connectivity index (χ0v) is 16.1. The molecule has 1 aliphatic heterocycles. The van der Waals surface area contributed by atoms with E-state index in [1.165, 1.54) is 16.7 Å². The van der Waals surface area contributed by atoms with Crippen LogP contribution in [0.25, 0.3) is 11.1 Å². The van der Waals surface area contributed by atoms with Crippen molar-refractivity contribution in [1.29, 1.82) is 0 Å². The SMILES string of the molecule is CCC1(COC(C)(C)Cc2ccc(-c3ccc(CO)cc3)cc2)COC1. The lowest BCUT2D eigenvalue weighted by atomic mass is 9.84. The first-order valence-electron chi connectivity index (χ1n) is 9.46. The topological polar surface area (TPSA) is 38.7 Å². The van der Waals surface area contributed by atoms with Crippen molar-refractivity contribution in [1.82, 2.24) is 0 Å². The average Bonchev–Trinajstić information content (AvgIpc) is 2.61. The largest absolute Gasteiger partial charge is 0.392 e. The summed E-state index contributed by atoms with van der Waals surface area (Å²) in [4.78, 5) is 0. The van der Waals surface area contributed by atoms with Gasteiger partial charge < -0.3 is 14.6 Å². The predicted octanol–water partition coefficient (Wildman–Crippen LogP) is 4.61. The van der Waals surface area contributed by atoms with E-state index in [2.05, 4.69) is 57.2 Å². The molecule has 3 rings (SSSR count). The molecule has 140 valence electrons. The highest BCUT2D eigenvalue weighted by Crippen LogP contribution is 2.33. The Bertz CT molecular complexity index is 692. The van der Waals surface area contributed by atoms with Crippen molar-refractivity contribution in [3.8, 4) is 11.1 Å². The standard InChI is InChI=1S/C23H30O3/c1-4-23(15-25-16-23)17-26-22(2,3)13-18-5-9-20(10-6-18)21-11-7-19(14-24)8-12-21/h5-12,24H,4,13-17H2,1-3H3. The van der Waals surface area contributed by atoms with Crippen molar-refractivity contribution in [3.63, 3.8) is 0 Å². The van der Waals surface area contributed by atoms with Crippen molar-refractivity contribution < 1.29 is 14.6 Å². The van der Waals surface area contributed by atoms with Crippen molar-refractivity contribution in [3.05, 3.63) is 59.7 Å². The van der Waals surface area contributed by atoms with E-state index in [4.69, 9.17) is 14.6 Å². The molecule has 1 fully saturated rings. The van der Waals surface area contributed by atoms with Crippen LogP contribution in [0.1, 0.15) is 38.3 Å². The van der Waals surface area contributed by atoms with E-state index in [0.29, 0.717) is 0 Å². The molecule has 0 atom stereocenters. The lowest BCUT2D eigenvalue weighted by Crippen LogP contribution is -2.47. The molecule has 0 spiro atoms. The molecule has 1 heterocycles. The van der Waals surface area contributed by atoms with Gasteiger partial charge in [0, 0.05) is 11.8 Å². The molecule has 26 heavy (non-hydrogen) atoms. The monoisotopic (exact) mass is 354 g/mol. The number of hydrogen-bond acceptors (Lipinski definition) is 3. The van der Waals surface area contributed by atoms with Gasteiger partial charge in [0.25, 0.3) is 0 Å². The lowest BCUT2D eigenvalue weighted by molar-refractivity contribution is -0.174. The molecule has 2 aromatic rings. The van der Waals surface area contributed by atoms with Gasteiger partial charge in [0.2, 0.25) is 0 Å². The Morgan fingerprint density at radius 3 is 1.92 bits per heavy atom. The highest BCUT2D eigenvalue weighted by atomic mass is 16.5. The van der Waals surface area contributed by atoms with Gasteiger partial charge in [0.15, 0.2) is 0 Å². The maximum atomic E-state index is 9.15. The third-order valence-corrected chi connectivity index (χ3v) is 5.39. The minimum absolute atomic E-state index is 0.0831. The molecular weight excluding hydrogens is 324 g/mol. The smallest absolute Gasteiger partial charge is 0.0681 e. The van der Waals surface area contributed by atoms with Gasteiger partial charge in [-0.1, -0.05) is 55.5 Å². The second-order valence-electron chi connectivity index (χ2n) is 8.12. The predicted molar refractivity (Wildman–Crippen MR) is 105 cm³/mol. The first-order valence-corrected chi connectivity index (χ1v) is 9.46. The number of rotatable bonds is 8. The fraction of sp³-hybridized carbons (Fsp3) is 0.478. The number of aliphatic hydroxyl groups is 1. The number of benzene rings is 2. The van der Waals surface area contributed by atoms with E-state index < -0.39 is 0 Å². The van der Waals surface area contributed by atoms with Gasteiger partial charge in [-0.25, -0.2) is 0 Å². The van der Waals surface area contributed by atoms with E-state index in [1.807, 2.05) is 12.1 Å². The Morgan fingerprint density at radius 2 is 1.50 bits per heavy atom. The van der Waals surface area contributed by atoms with E-state index in [-0.39, 0.29) is 17.6 Å². The van der Waals surface area contributed by atoms with Crippen LogP contribution >= 0.6 is 0 Å². The minimum Gasteiger partial charge on any atom is -0.392 e. The quantitative estimate of drug-likeness (QED) is 0.752. The van der Waals surface area contributed by atoms with Crippen LogP contribution in [0.4, 0.5) is 0 Å². The average molecular weight is 354 g/mol. The number of hydrogen-bond donors (Lipinski definition) is 1. The van der Waals surface area contributed by atoms with Crippen LogP contribution in [0.5, 0.6) is 0 Å². The van der Waals surface area contributed by atoms with Gasteiger partial charge in [-0.05, 0) is 42.5 Å². The summed E-state index contributed by atoms with van der Waals surface area (Å²) in [6, 6.07) is 16.7. The number of aliphatic hydroxyl groups excluding tert-OH is 1. The van der Waals surface area contributed by atoms with Crippen molar-refractivity contribution in [2.24, 2.45) is 5.41 Å². The van der Waals surface area contributed by atoms with Crippen LogP contribution in [0.3, 0.4) is 0 Å². The minimum atomic E-state index is -0.192. The van der Waals surface area contributed by atoms with Crippen molar-refractivity contribution in [2.75, 3.05) is 19.8 Å². The zero-order chi connectivity index (χ0) is 18.6. The summed E-state index contributed by atoms with van der Waals surface area (Å²) in [6.07, 6.45) is 1.99. The molecule has 0 saturated carbocycles. The molecule has 1 N–H and O–H groups in total. The van der Waals surface area contributed by atoms with Crippen LogP contribution in [-0.2, 0) is 22.5 Å². The first kappa shape index (κ1) is 19.1. The Balaban J connectivity index is 1.60. The highest BCUT2D eigenvalue weighted by molar-refractivity contribution is 5.63. The summed E-state index contributed by atoms with van der Waals surface area (Å²) in [5, 5.41) is 9.15. The van der Waals surface area contributed by atoms with Crippen molar-refractivity contribution in [2.45, 2.75) is 45.8 Å². The summed E-state index contributed by atoms with van der Waals surface area (Å²) in [5.74, 6) is 0. The van der Waals surface area contributed by atoms with Crippen LogP contribution in [0.15, 0.2) is 48.5 Å². The molecule has 3 heteroatoms. The van der Waals surface area contributed by atoms with Gasteiger partial charge in [-0.15, -0.1) is 0 Å². The normalized spacial score (nSPS) is 16.3. The van der Waals surface area contributed by atoms with Crippen LogP contribution in [0, 0.1) is 5.41 Å². The molecule has 0 bridgehead atoms. The van der Waals surface area contributed by atoms with Gasteiger partial charge in [0.1, 0.15) is 0 Å². The summed E-state index contributed by atoms with van der Waals surface area (Å²) in [6.45, 7) is 9.04. The molecule has 0 aliphatic carbocycles. The Morgan fingerprint density at radius 1 is 0.962 bits per heavy atom. The van der Waals surface area contributed by atoms with E-state index in [9.17, 15) is 0 Å². The summed E-state index contributed by atoms with van der Waals surface area (Å²) >= 11 is 0. The molecule has 0 amide bonds. The fourth-order valence-corrected chi connectivity index (χ4v) is 3.29. The van der Waals surface area contributed by atoms with E-state index >= 15 is 0 Å². The summed E-state index contributed by atoms with van der Waals surface area (Å²) in [7, 11) is 0. The lowest BCUT2D eigenvalue weighted by Gasteiger charge is -2.42. The molecule has 1 saturated heterocycles. The first-order chi connectivity index (χ1) is 12.5. The second-order valence-corrected chi connectivity index (χ2v) is 8.12. The Labute approximate surface area is 157 Å². The molecule has 0 aromatic heterocycles. The van der Waals surface area contributed by atoms with E-state index in [1.54, 1.807) is 0 Å². The van der Waals surface area contributed by atoms with Crippen LogP contribution < -0.4 is 0 Å². The van der Waals surface area contributed by atoms with Gasteiger partial charge in [0.05, 0.1) is 32.0 Å². The fourth-order valence-electron chi connectivity index (χ4n) is 3.29. The number of ether oxygens (including phenoxy) is 2. The third kappa shape index (κ3) is 4.53. The van der Waals surface area contributed by atoms with Crippen LogP contribution in [-0.4, -0.2) is 30.5 Å². The second kappa shape index (κ2) is 7.91. The zero-order valence-electron chi connectivity index (χ0n) is 16.1. The molecule has 0 radical (unpaired) electrons. The third-order valence-electron chi connectivity index (χ3n) is 5.39. The Kier molecular flexibility index (Phi) is 5.81. The maximum Gasteiger partial charge on any atom is 0.0681 e. The summed E-state index contributed by atoms with van der Waals surface area (Å²) in [5.41, 5.74) is 4.60. The van der Waals surface area contributed by atoms with Gasteiger partial charge in [-0.2, -0.15) is 0 Å². The Hall–Kier alpha value is -1.68. The molecule has 3 nitrogen and oxygen atoms in total. The molecule has 0 unspecified atom stereocenters. The van der Waals surface area contributed by atoms with Crippen LogP contribution in [0.2, 0.25) is 0 Å². The van der Waals surface area contributed by atoms with Gasteiger partial charge >= 0.3 is 0 Å². The van der Waals surface area contributed by atoms with Gasteiger partial charge in [-0.3, -0.25) is 0 Å². The van der Waals surface area contributed by atoms with E-state index in [0.717, 1.165) is 38.2 Å². The highest BCUT2D eigenvalue weighted by Gasteiger charge is 2.38. The molecule has 2 aromatic carbocycles. The van der Waals surface area contributed by atoms with Crippen molar-refractivity contribution >= 4 is 0 Å². The maximum absolute atomic E-state index is 9.15. The molecular formula is C23H30O3. The molecule has 1 aliphatic rings. The summed E-state index contributed by atoms with van der Waals surface area (Å²) < 4.78 is 11.7.